The monoisotopic (exact) mass is 274 g/mol. The lowest BCUT2D eigenvalue weighted by atomic mass is 10.1. The summed E-state index contributed by atoms with van der Waals surface area (Å²) in [6.45, 7) is 3.86. The predicted molar refractivity (Wildman–Crippen MR) is 78.5 cm³/mol. The fraction of sp³-hybridized carbons (Fsp3) is 0.133. The van der Waals surface area contributed by atoms with Crippen LogP contribution in [0.4, 0.5) is 0 Å². The maximum Gasteiger partial charge on any atom is 0.141 e. The molecule has 0 aromatic heterocycles. The minimum atomic E-state index is -0.0154. The van der Waals surface area contributed by atoms with Crippen molar-refractivity contribution in [3.8, 4) is 11.5 Å². The van der Waals surface area contributed by atoms with E-state index in [2.05, 4.69) is 0 Å². The average molecular weight is 275 g/mol. The quantitative estimate of drug-likeness (QED) is 0.656. The van der Waals surface area contributed by atoms with E-state index in [0.717, 1.165) is 11.1 Å². The zero-order chi connectivity index (χ0) is 14.0. The van der Waals surface area contributed by atoms with E-state index in [9.17, 15) is 0 Å². The average Bonchev–Trinajstić information content (AvgIpc) is 2.35. The van der Waals surface area contributed by atoms with Crippen LogP contribution in [0.1, 0.15) is 16.7 Å². The molecule has 3 nitrogen and oxygen atoms in total. The van der Waals surface area contributed by atoms with Crippen LogP contribution in [0.25, 0.3) is 0 Å². The number of nitrogens with two attached hydrogens (primary N) is 1. The topological polar surface area (TPSA) is 59.1 Å². The van der Waals surface area contributed by atoms with Crippen LogP contribution in [0.5, 0.6) is 11.5 Å². The van der Waals surface area contributed by atoms with Gasteiger partial charge in [0.25, 0.3) is 0 Å². The van der Waals surface area contributed by atoms with Gasteiger partial charge in [-0.3, -0.25) is 5.41 Å². The molecular formula is C15H15ClN2O. The van der Waals surface area contributed by atoms with E-state index in [0.29, 0.717) is 22.1 Å². The third-order valence-corrected chi connectivity index (χ3v) is 3.10. The molecule has 98 valence electrons. The second-order valence-corrected chi connectivity index (χ2v) is 4.81. The Morgan fingerprint density at radius 3 is 2.58 bits per heavy atom. The summed E-state index contributed by atoms with van der Waals surface area (Å²) >= 11 is 5.98. The number of aryl methyl sites for hydroxylation is 2. The van der Waals surface area contributed by atoms with Gasteiger partial charge in [0.05, 0.1) is 5.56 Å². The molecule has 2 aromatic carbocycles. The van der Waals surface area contributed by atoms with E-state index < -0.39 is 0 Å². The molecular weight excluding hydrogens is 260 g/mol. The van der Waals surface area contributed by atoms with Crippen molar-refractivity contribution in [2.45, 2.75) is 13.8 Å². The highest BCUT2D eigenvalue weighted by Gasteiger charge is 2.12. The summed E-state index contributed by atoms with van der Waals surface area (Å²) in [5.41, 5.74) is 8.06. The van der Waals surface area contributed by atoms with Gasteiger partial charge in [0.1, 0.15) is 17.3 Å². The minimum absolute atomic E-state index is 0.0154. The summed E-state index contributed by atoms with van der Waals surface area (Å²) < 4.78 is 5.91. The van der Waals surface area contributed by atoms with E-state index in [1.54, 1.807) is 12.1 Å². The van der Waals surface area contributed by atoms with E-state index in [1.807, 2.05) is 38.1 Å². The largest absolute Gasteiger partial charge is 0.456 e. The lowest BCUT2D eigenvalue weighted by Crippen LogP contribution is -2.13. The standard InChI is InChI=1S/C15H15ClN2O/c1-9-6-7-11(16)8-13(9)19-14-10(2)4-3-5-12(14)15(17)18/h3-8H,1-2H3,(H3,17,18). The first kappa shape index (κ1) is 13.4. The third kappa shape index (κ3) is 2.88. The Labute approximate surface area is 117 Å². The van der Waals surface area contributed by atoms with Crippen molar-refractivity contribution in [1.29, 1.82) is 5.41 Å². The summed E-state index contributed by atoms with van der Waals surface area (Å²) in [6.07, 6.45) is 0. The number of rotatable bonds is 3. The van der Waals surface area contributed by atoms with Crippen molar-refractivity contribution in [3.05, 3.63) is 58.1 Å². The highest BCUT2D eigenvalue weighted by molar-refractivity contribution is 6.30. The number of benzene rings is 2. The molecule has 0 saturated carbocycles. The van der Waals surface area contributed by atoms with Crippen LogP contribution >= 0.6 is 11.6 Å². The van der Waals surface area contributed by atoms with Crippen molar-refractivity contribution in [3.63, 3.8) is 0 Å². The number of halogens is 1. The summed E-state index contributed by atoms with van der Waals surface area (Å²) in [6, 6.07) is 11.0. The van der Waals surface area contributed by atoms with Crippen LogP contribution in [-0.4, -0.2) is 5.84 Å². The number of hydrogen-bond acceptors (Lipinski definition) is 2. The molecule has 0 spiro atoms. The molecule has 3 N–H and O–H groups in total. The maximum absolute atomic E-state index is 7.61. The van der Waals surface area contributed by atoms with Crippen molar-refractivity contribution in [2.24, 2.45) is 5.73 Å². The highest BCUT2D eigenvalue weighted by Crippen LogP contribution is 2.32. The molecule has 0 heterocycles. The first-order valence-corrected chi connectivity index (χ1v) is 6.25. The predicted octanol–water partition coefficient (Wildman–Crippen LogP) is 4.03. The first-order chi connectivity index (χ1) is 8.99. The molecule has 0 amide bonds. The fourth-order valence-corrected chi connectivity index (χ4v) is 1.96. The Morgan fingerprint density at radius 1 is 1.16 bits per heavy atom. The molecule has 0 fully saturated rings. The van der Waals surface area contributed by atoms with Crippen LogP contribution in [0.2, 0.25) is 5.02 Å². The molecule has 0 radical (unpaired) electrons. The number of hydrogen-bond donors (Lipinski definition) is 2. The zero-order valence-corrected chi connectivity index (χ0v) is 11.6. The van der Waals surface area contributed by atoms with Crippen LogP contribution in [-0.2, 0) is 0 Å². The smallest absolute Gasteiger partial charge is 0.141 e. The Bertz CT molecular complexity index is 638. The van der Waals surface area contributed by atoms with Gasteiger partial charge in [-0.25, -0.2) is 0 Å². The van der Waals surface area contributed by atoms with E-state index >= 15 is 0 Å². The number of ether oxygens (including phenoxy) is 1. The van der Waals surface area contributed by atoms with Crippen LogP contribution in [0.15, 0.2) is 36.4 Å². The Morgan fingerprint density at radius 2 is 1.89 bits per heavy atom. The SMILES string of the molecule is Cc1ccc(Cl)cc1Oc1c(C)cccc1C(=N)N. The van der Waals surface area contributed by atoms with Gasteiger partial charge < -0.3 is 10.5 Å². The van der Waals surface area contributed by atoms with Crippen LogP contribution in [0, 0.1) is 19.3 Å². The molecule has 0 aliphatic carbocycles. The number of para-hydroxylation sites is 1. The van der Waals surface area contributed by atoms with Gasteiger partial charge in [0.2, 0.25) is 0 Å². The molecule has 19 heavy (non-hydrogen) atoms. The minimum Gasteiger partial charge on any atom is -0.456 e. The molecule has 2 aromatic rings. The van der Waals surface area contributed by atoms with Gasteiger partial charge in [-0.2, -0.15) is 0 Å². The van der Waals surface area contributed by atoms with Gasteiger partial charge in [0.15, 0.2) is 0 Å². The molecule has 0 aliphatic heterocycles. The molecule has 0 atom stereocenters. The summed E-state index contributed by atoms with van der Waals surface area (Å²) in [5, 5.41) is 8.22. The van der Waals surface area contributed by atoms with Crippen molar-refractivity contribution < 1.29 is 4.74 Å². The first-order valence-electron chi connectivity index (χ1n) is 5.87. The number of amidine groups is 1. The van der Waals surface area contributed by atoms with Gasteiger partial charge in [0, 0.05) is 5.02 Å². The normalized spacial score (nSPS) is 10.3. The third-order valence-electron chi connectivity index (χ3n) is 2.86. The van der Waals surface area contributed by atoms with Gasteiger partial charge in [-0.05, 0) is 43.2 Å². The van der Waals surface area contributed by atoms with E-state index in [4.69, 9.17) is 27.5 Å². The van der Waals surface area contributed by atoms with Gasteiger partial charge >= 0.3 is 0 Å². The lowest BCUT2D eigenvalue weighted by molar-refractivity contribution is 0.474. The fourth-order valence-electron chi connectivity index (χ4n) is 1.79. The Kier molecular flexibility index (Phi) is 3.76. The molecule has 0 unspecified atom stereocenters. The Balaban J connectivity index is 2.49. The van der Waals surface area contributed by atoms with Crippen molar-refractivity contribution >= 4 is 17.4 Å². The van der Waals surface area contributed by atoms with E-state index in [-0.39, 0.29) is 5.84 Å². The highest BCUT2D eigenvalue weighted by atomic mass is 35.5. The van der Waals surface area contributed by atoms with Gasteiger partial charge in [-0.1, -0.05) is 29.8 Å². The zero-order valence-electron chi connectivity index (χ0n) is 10.8. The molecule has 0 aliphatic rings. The molecule has 4 heteroatoms. The van der Waals surface area contributed by atoms with Crippen LogP contribution < -0.4 is 10.5 Å². The summed E-state index contributed by atoms with van der Waals surface area (Å²) in [4.78, 5) is 0. The molecule has 2 rings (SSSR count). The van der Waals surface area contributed by atoms with Crippen LogP contribution in [0.3, 0.4) is 0 Å². The summed E-state index contributed by atoms with van der Waals surface area (Å²) in [7, 11) is 0. The van der Waals surface area contributed by atoms with Crippen molar-refractivity contribution in [1.82, 2.24) is 0 Å². The maximum atomic E-state index is 7.61. The summed E-state index contributed by atoms with van der Waals surface area (Å²) in [5.74, 6) is 1.25. The van der Waals surface area contributed by atoms with E-state index in [1.165, 1.54) is 0 Å². The number of nitrogens with one attached hydrogen (secondary N) is 1. The van der Waals surface area contributed by atoms with Crippen molar-refractivity contribution in [2.75, 3.05) is 0 Å². The lowest BCUT2D eigenvalue weighted by Gasteiger charge is -2.14. The number of nitrogen functional groups attached to an aromatic ring is 1. The second-order valence-electron chi connectivity index (χ2n) is 4.38. The molecule has 0 saturated heterocycles. The van der Waals surface area contributed by atoms with Gasteiger partial charge in [-0.15, -0.1) is 0 Å². The Hall–Kier alpha value is -2.00. The second kappa shape index (κ2) is 5.33. The molecule has 0 bridgehead atoms.